The zero-order valence-electron chi connectivity index (χ0n) is 18.0. The Balaban J connectivity index is 1.67. The average molecular weight is 468 g/mol. The van der Waals surface area contributed by atoms with E-state index in [-0.39, 0.29) is 11.3 Å². The monoisotopic (exact) mass is 467 g/mol. The van der Waals surface area contributed by atoms with E-state index in [0.717, 1.165) is 28.3 Å². The SMILES string of the molecule is CC(=O)ON=C(c1cc2cc(Br)ccc2o1)C1CC(C)(c2c(C)cc(C)cc2C)C1. The van der Waals surface area contributed by atoms with Crippen molar-refractivity contribution < 1.29 is 14.0 Å². The molecule has 0 unspecified atom stereocenters. The summed E-state index contributed by atoms with van der Waals surface area (Å²) in [5.74, 6) is 0.394. The van der Waals surface area contributed by atoms with Crippen LogP contribution in [0.2, 0.25) is 0 Å². The van der Waals surface area contributed by atoms with Gasteiger partial charge in [-0.1, -0.05) is 45.7 Å². The van der Waals surface area contributed by atoms with E-state index in [9.17, 15) is 4.79 Å². The second-order valence-electron chi connectivity index (χ2n) is 8.79. The van der Waals surface area contributed by atoms with Crippen LogP contribution in [0.3, 0.4) is 0 Å². The van der Waals surface area contributed by atoms with Gasteiger partial charge in [0.25, 0.3) is 0 Å². The zero-order valence-corrected chi connectivity index (χ0v) is 19.6. The Hall–Kier alpha value is -2.40. The van der Waals surface area contributed by atoms with E-state index in [2.05, 4.69) is 60.9 Å². The summed E-state index contributed by atoms with van der Waals surface area (Å²) in [6.07, 6.45) is 1.86. The third-order valence-corrected chi connectivity index (χ3v) is 6.56. The lowest BCUT2D eigenvalue weighted by Gasteiger charge is -2.47. The molecule has 0 atom stereocenters. The number of benzene rings is 2. The molecule has 156 valence electrons. The van der Waals surface area contributed by atoms with Crippen LogP contribution >= 0.6 is 15.9 Å². The molecule has 4 rings (SSSR count). The first kappa shape index (κ1) is 20.9. The lowest BCUT2D eigenvalue weighted by atomic mass is 9.57. The van der Waals surface area contributed by atoms with Crippen LogP contribution in [0.25, 0.3) is 11.0 Å². The summed E-state index contributed by atoms with van der Waals surface area (Å²) in [5, 5.41) is 5.20. The maximum atomic E-state index is 11.4. The number of halogens is 1. The van der Waals surface area contributed by atoms with Gasteiger partial charge in [-0.15, -0.1) is 0 Å². The van der Waals surface area contributed by atoms with Crippen molar-refractivity contribution in [1.82, 2.24) is 0 Å². The standard InChI is InChI=1S/C25H26BrNO3/c1-14-8-15(2)23(16(3)9-14)25(5)12-19(13-25)24(27-30-17(4)28)22-11-18-10-20(26)6-7-21(18)29-22/h6-11,19H,12-13H2,1-5H3. The van der Waals surface area contributed by atoms with Crippen molar-refractivity contribution in [1.29, 1.82) is 0 Å². The predicted molar refractivity (Wildman–Crippen MR) is 123 cm³/mol. The molecule has 0 spiro atoms. The first-order valence-electron chi connectivity index (χ1n) is 10.2. The summed E-state index contributed by atoms with van der Waals surface area (Å²) in [7, 11) is 0. The van der Waals surface area contributed by atoms with Gasteiger partial charge in [-0.2, -0.15) is 0 Å². The number of furan rings is 1. The van der Waals surface area contributed by atoms with Gasteiger partial charge in [-0.3, -0.25) is 0 Å². The molecule has 0 N–H and O–H groups in total. The molecule has 4 nitrogen and oxygen atoms in total. The van der Waals surface area contributed by atoms with Gasteiger partial charge in [0.2, 0.25) is 0 Å². The van der Waals surface area contributed by atoms with Gasteiger partial charge in [0.1, 0.15) is 11.3 Å². The molecular formula is C25H26BrNO3. The van der Waals surface area contributed by atoms with E-state index >= 15 is 0 Å². The van der Waals surface area contributed by atoms with Gasteiger partial charge < -0.3 is 9.25 Å². The summed E-state index contributed by atoms with van der Waals surface area (Å²) in [6.45, 7) is 10.2. The largest absolute Gasteiger partial charge is 0.455 e. The number of fused-ring (bicyclic) bond motifs is 1. The van der Waals surface area contributed by atoms with Crippen LogP contribution in [0, 0.1) is 26.7 Å². The first-order chi connectivity index (χ1) is 14.2. The minimum atomic E-state index is -0.432. The summed E-state index contributed by atoms with van der Waals surface area (Å²) >= 11 is 3.50. The van der Waals surface area contributed by atoms with Gasteiger partial charge in [0, 0.05) is 22.7 Å². The number of carbonyl (C=O) groups is 1. The van der Waals surface area contributed by atoms with E-state index in [1.807, 2.05) is 24.3 Å². The van der Waals surface area contributed by atoms with Gasteiger partial charge in [0.05, 0.1) is 0 Å². The molecule has 30 heavy (non-hydrogen) atoms. The highest BCUT2D eigenvalue weighted by molar-refractivity contribution is 9.10. The molecule has 2 aromatic carbocycles. The Morgan fingerprint density at radius 3 is 2.43 bits per heavy atom. The van der Waals surface area contributed by atoms with Crippen molar-refractivity contribution in [3.05, 3.63) is 68.9 Å². The van der Waals surface area contributed by atoms with E-state index in [4.69, 9.17) is 9.25 Å². The fourth-order valence-corrected chi connectivity index (χ4v) is 5.51. The summed E-state index contributed by atoms with van der Waals surface area (Å²) < 4.78 is 7.06. The number of oxime groups is 1. The number of carbonyl (C=O) groups excluding carboxylic acids is 1. The lowest BCUT2D eigenvalue weighted by molar-refractivity contribution is -0.141. The quantitative estimate of drug-likeness (QED) is 0.242. The van der Waals surface area contributed by atoms with Crippen LogP contribution in [-0.4, -0.2) is 11.7 Å². The predicted octanol–water partition coefficient (Wildman–Crippen LogP) is 6.76. The van der Waals surface area contributed by atoms with Crippen LogP contribution < -0.4 is 0 Å². The third-order valence-electron chi connectivity index (χ3n) is 6.06. The van der Waals surface area contributed by atoms with Gasteiger partial charge in [0.15, 0.2) is 5.76 Å². The maximum Gasteiger partial charge on any atom is 0.331 e. The second kappa shape index (κ2) is 7.69. The summed E-state index contributed by atoms with van der Waals surface area (Å²) in [4.78, 5) is 16.5. The Morgan fingerprint density at radius 1 is 1.13 bits per heavy atom. The molecule has 1 aliphatic rings. The fourth-order valence-electron chi connectivity index (χ4n) is 5.13. The van der Waals surface area contributed by atoms with E-state index < -0.39 is 5.97 Å². The normalized spacial score (nSPS) is 21.5. The smallest absolute Gasteiger partial charge is 0.331 e. The van der Waals surface area contributed by atoms with Crippen LogP contribution in [0.4, 0.5) is 0 Å². The molecule has 0 bridgehead atoms. The Kier molecular flexibility index (Phi) is 5.35. The van der Waals surface area contributed by atoms with Crippen molar-refractivity contribution in [3.63, 3.8) is 0 Å². The molecule has 5 heteroatoms. The van der Waals surface area contributed by atoms with Crippen LogP contribution in [0.5, 0.6) is 0 Å². The molecule has 1 heterocycles. The highest BCUT2D eigenvalue weighted by atomic mass is 79.9. The Morgan fingerprint density at radius 2 is 1.80 bits per heavy atom. The number of aryl methyl sites for hydroxylation is 3. The van der Waals surface area contributed by atoms with Crippen molar-refractivity contribution in [2.24, 2.45) is 11.1 Å². The van der Waals surface area contributed by atoms with E-state index in [1.54, 1.807) is 0 Å². The lowest BCUT2D eigenvalue weighted by Crippen LogP contribution is -2.43. The molecular weight excluding hydrogens is 442 g/mol. The van der Waals surface area contributed by atoms with Crippen molar-refractivity contribution in [3.8, 4) is 0 Å². The zero-order chi connectivity index (χ0) is 21.6. The molecule has 0 amide bonds. The molecule has 0 radical (unpaired) electrons. The fraction of sp³-hybridized carbons (Fsp3) is 0.360. The average Bonchev–Trinajstić information content (AvgIpc) is 3.01. The number of hydrogen-bond donors (Lipinski definition) is 0. The second-order valence-corrected chi connectivity index (χ2v) is 9.71. The van der Waals surface area contributed by atoms with E-state index in [0.29, 0.717) is 11.5 Å². The maximum absolute atomic E-state index is 11.4. The van der Waals surface area contributed by atoms with Crippen molar-refractivity contribution in [2.45, 2.75) is 52.9 Å². The molecule has 1 aliphatic carbocycles. The molecule has 1 fully saturated rings. The number of rotatable bonds is 4. The first-order valence-corrected chi connectivity index (χ1v) is 11.0. The van der Waals surface area contributed by atoms with Gasteiger partial charge in [-0.05, 0) is 80.0 Å². The van der Waals surface area contributed by atoms with Crippen LogP contribution in [0.15, 0.2) is 50.4 Å². The minimum Gasteiger partial charge on any atom is -0.455 e. The number of hydrogen-bond acceptors (Lipinski definition) is 4. The summed E-state index contributed by atoms with van der Waals surface area (Å²) in [6, 6.07) is 12.4. The van der Waals surface area contributed by atoms with Crippen LogP contribution in [0.1, 0.15) is 54.7 Å². The Bertz CT molecular complexity index is 1150. The molecule has 0 saturated heterocycles. The minimum absolute atomic E-state index is 0.0680. The van der Waals surface area contributed by atoms with E-state index in [1.165, 1.54) is 29.2 Å². The van der Waals surface area contributed by atoms with Crippen molar-refractivity contribution in [2.75, 3.05) is 0 Å². The molecule has 3 aromatic rings. The van der Waals surface area contributed by atoms with Crippen LogP contribution in [-0.2, 0) is 15.0 Å². The molecule has 1 aromatic heterocycles. The highest BCUT2D eigenvalue weighted by Crippen LogP contribution is 2.51. The van der Waals surface area contributed by atoms with Gasteiger partial charge in [-0.25, -0.2) is 4.79 Å². The Labute approximate surface area is 185 Å². The number of nitrogens with zero attached hydrogens (tertiary/aromatic N) is 1. The summed E-state index contributed by atoms with van der Waals surface area (Å²) in [5.41, 5.74) is 6.94. The molecule has 0 aliphatic heterocycles. The third kappa shape index (κ3) is 3.83. The van der Waals surface area contributed by atoms with Crippen molar-refractivity contribution >= 4 is 38.6 Å². The van der Waals surface area contributed by atoms with Gasteiger partial charge >= 0.3 is 5.97 Å². The molecule has 1 saturated carbocycles. The highest BCUT2D eigenvalue weighted by Gasteiger charge is 2.46. The topological polar surface area (TPSA) is 51.8 Å².